The van der Waals surface area contributed by atoms with Crippen molar-refractivity contribution in [3.05, 3.63) is 48.5 Å². The lowest BCUT2D eigenvalue weighted by Gasteiger charge is -2.18. The molecule has 2 N–H and O–H groups in total. The quantitative estimate of drug-likeness (QED) is 0.480. The topological polar surface area (TPSA) is 77.4 Å². The van der Waals surface area contributed by atoms with Crippen LogP contribution in [-0.2, 0) is 0 Å². The Bertz CT molecular complexity index is 1160. The first-order valence-corrected chi connectivity index (χ1v) is 9.29. The molecule has 0 fully saturated rings. The SMILES string of the molecule is COc1ccc(O)c2c(OC)c(-c3ccc4c(OC)ccc(O)c4c3OC)ccc12. The van der Waals surface area contributed by atoms with Crippen LogP contribution in [0.15, 0.2) is 48.5 Å². The zero-order chi connectivity index (χ0) is 21.4. The molecule has 0 saturated carbocycles. The van der Waals surface area contributed by atoms with Crippen LogP contribution in [0.2, 0.25) is 0 Å². The molecule has 0 heterocycles. The van der Waals surface area contributed by atoms with Gasteiger partial charge in [-0.25, -0.2) is 0 Å². The number of methoxy groups -OCH3 is 4. The molecular formula is C24H22O6. The van der Waals surface area contributed by atoms with Crippen molar-refractivity contribution in [2.24, 2.45) is 0 Å². The summed E-state index contributed by atoms with van der Waals surface area (Å²) in [5.41, 5.74) is 1.41. The van der Waals surface area contributed by atoms with Gasteiger partial charge in [-0.1, -0.05) is 0 Å². The van der Waals surface area contributed by atoms with Gasteiger partial charge in [-0.3, -0.25) is 0 Å². The summed E-state index contributed by atoms with van der Waals surface area (Å²) in [5, 5.41) is 23.6. The molecule has 4 aromatic rings. The van der Waals surface area contributed by atoms with Crippen LogP contribution in [0.3, 0.4) is 0 Å². The molecule has 154 valence electrons. The van der Waals surface area contributed by atoms with Gasteiger partial charge in [0.1, 0.15) is 34.5 Å². The predicted octanol–water partition coefficient (Wildman–Crippen LogP) is 5.11. The highest BCUT2D eigenvalue weighted by Gasteiger charge is 2.21. The number of ether oxygens (including phenoxy) is 4. The third-order valence-electron chi connectivity index (χ3n) is 5.28. The molecule has 0 aliphatic heterocycles. The van der Waals surface area contributed by atoms with E-state index in [0.717, 1.165) is 10.8 Å². The average molecular weight is 406 g/mol. The van der Waals surface area contributed by atoms with Crippen LogP contribution in [0.4, 0.5) is 0 Å². The third-order valence-corrected chi connectivity index (χ3v) is 5.28. The zero-order valence-electron chi connectivity index (χ0n) is 17.1. The fraction of sp³-hybridized carbons (Fsp3) is 0.167. The highest BCUT2D eigenvalue weighted by molar-refractivity contribution is 6.06. The Labute approximate surface area is 173 Å². The lowest BCUT2D eigenvalue weighted by atomic mass is 9.95. The molecule has 30 heavy (non-hydrogen) atoms. The van der Waals surface area contributed by atoms with Crippen LogP contribution in [0.5, 0.6) is 34.5 Å². The minimum atomic E-state index is 0.0776. The van der Waals surface area contributed by atoms with Gasteiger partial charge in [0.25, 0.3) is 0 Å². The number of phenolic OH excluding ortho intramolecular Hbond substituents is 2. The Morgan fingerprint density at radius 2 is 0.900 bits per heavy atom. The van der Waals surface area contributed by atoms with Gasteiger partial charge in [0.15, 0.2) is 0 Å². The van der Waals surface area contributed by atoms with Crippen molar-refractivity contribution in [2.45, 2.75) is 0 Å². The van der Waals surface area contributed by atoms with Crippen LogP contribution in [-0.4, -0.2) is 38.7 Å². The molecule has 0 bridgehead atoms. The summed E-state index contributed by atoms with van der Waals surface area (Å²) < 4.78 is 22.3. The van der Waals surface area contributed by atoms with E-state index in [9.17, 15) is 10.2 Å². The standard InChI is InChI=1S/C24H22O6/c1-27-19-11-9-17(25)21-15(19)7-5-13(23(21)29-3)14-6-8-16-20(28-2)12-10-18(26)22(16)24(14)30-4/h5-12,25-26H,1-4H3. The molecule has 0 radical (unpaired) electrons. The third kappa shape index (κ3) is 2.80. The Hall–Kier alpha value is -3.80. The Morgan fingerprint density at radius 1 is 0.500 bits per heavy atom. The maximum absolute atomic E-state index is 10.6. The van der Waals surface area contributed by atoms with Gasteiger partial charge < -0.3 is 29.2 Å². The van der Waals surface area contributed by atoms with E-state index in [2.05, 4.69) is 0 Å². The first-order chi connectivity index (χ1) is 14.5. The maximum Gasteiger partial charge on any atom is 0.138 e. The van der Waals surface area contributed by atoms with Gasteiger partial charge >= 0.3 is 0 Å². The maximum atomic E-state index is 10.6. The van der Waals surface area contributed by atoms with E-state index >= 15 is 0 Å². The molecule has 0 spiro atoms. The summed E-state index contributed by atoms with van der Waals surface area (Å²) in [6.07, 6.45) is 0. The highest BCUT2D eigenvalue weighted by Crippen LogP contribution is 2.49. The number of hydrogen-bond donors (Lipinski definition) is 2. The molecule has 6 heteroatoms. The van der Waals surface area contributed by atoms with Gasteiger partial charge in [-0.05, 0) is 48.5 Å². The molecule has 0 unspecified atom stereocenters. The van der Waals surface area contributed by atoms with E-state index in [1.165, 1.54) is 0 Å². The zero-order valence-corrected chi connectivity index (χ0v) is 17.1. The van der Waals surface area contributed by atoms with Crippen molar-refractivity contribution in [3.63, 3.8) is 0 Å². The molecule has 0 amide bonds. The summed E-state index contributed by atoms with van der Waals surface area (Å²) in [6.45, 7) is 0. The van der Waals surface area contributed by atoms with E-state index in [1.54, 1.807) is 52.7 Å². The first-order valence-electron chi connectivity index (χ1n) is 9.29. The number of fused-ring (bicyclic) bond motifs is 2. The van der Waals surface area contributed by atoms with Gasteiger partial charge in [-0.2, -0.15) is 0 Å². The minimum absolute atomic E-state index is 0.0776. The summed E-state index contributed by atoms with van der Waals surface area (Å²) in [4.78, 5) is 0. The second kappa shape index (κ2) is 7.55. The molecule has 0 aliphatic rings. The molecule has 6 nitrogen and oxygen atoms in total. The summed E-state index contributed by atoms with van der Waals surface area (Å²) in [6, 6.07) is 14.0. The molecule has 0 saturated heterocycles. The summed E-state index contributed by atoms with van der Waals surface area (Å²) in [7, 11) is 6.25. The van der Waals surface area contributed by atoms with E-state index in [4.69, 9.17) is 18.9 Å². The van der Waals surface area contributed by atoms with Gasteiger partial charge in [0.2, 0.25) is 0 Å². The molecule has 4 rings (SSSR count). The van der Waals surface area contributed by atoms with Crippen molar-refractivity contribution in [3.8, 4) is 45.6 Å². The van der Waals surface area contributed by atoms with E-state index in [1.807, 2.05) is 24.3 Å². The lowest BCUT2D eigenvalue weighted by Crippen LogP contribution is -1.96. The monoisotopic (exact) mass is 406 g/mol. The number of aromatic hydroxyl groups is 2. The molecule has 0 aliphatic carbocycles. The van der Waals surface area contributed by atoms with Crippen molar-refractivity contribution < 1.29 is 29.2 Å². The number of benzene rings is 4. The Balaban J connectivity index is 2.10. The van der Waals surface area contributed by atoms with Crippen LogP contribution >= 0.6 is 0 Å². The molecule has 0 atom stereocenters. The summed E-state index contributed by atoms with van der Waals surface area (Å²) in [5.74, 6) is 2.36. The summed E-state index contributed by atoms with van der Waals surface area (Å²) >= 11 is 0. The fourth-order valence-corrected chi connectivity index (χ4v) is 3.94. The minimum Gasteiger partial charge on any atom is -0.507 e. The Kier molecular flexibility index (Phi) is 4.91. The predicted molar refractivity (Wildman–Crippen MR) is 116 cm³/mol. The van der Waals surface area contributed by atoms with Crippen molar-refractivity contribution in [1.29, 1.82) is 0 Å². The second-order valence-corrected chi connectivity index (χ2v) is 6.71. The highest BCUT2D eigenvalue weighted by atomic mass is 16.5. The van der Waals surface area contributed by atoms with Crippen LogP contribution in [0.1, 0.15) is 0 Å². The van der Waals surface area contributed by atoms with E-state index in [-0.39, 0.29) is 11.5 Å². The van der Waals surface area contributed by atoms with Crippen molar-refractivity contribution in [2.75, 3.05) is 28.4 Å². The van der Waals surface area contributed by atoms with Crippen molar-refractivity contribution >= 4 is 21.5 Å². The van der Waals surface area contributed by atoms with Gasteiger partial charge in [0.05, 0.1) is 39.2 Å². The number of phenols is 2. The largest absolute Gasteiger partial charge is 0.507 e. The normalized spacial score (nSPS) is 10.9. The van der Waals surface area contributed by atoms with Gasteiger partial charge in [0, 0.05) is 21.9 Å². The number of hydrogen-bond acceptors (Lipinski definition) is 6. The number of rotatable bonds is 5. The molecule has 4 aromatic carbocycles. The first kappa shape index (κ1) is 19.5. The van der Waals surface area contributed by atoms with Crippen LogP contribution in [0, 0.1) is 0 Å². The van der Waals surface area contributed by atoms with Gasteiger partial charge in [-0.15, -0.1) is 0 Å². The van der Waals surface area contributed by atoms with E-state index < -0.39 is 0 Å². The van der Waals surface area contributed by atoms with Crippen LogP contribution in [0.25, 0.3) is 32.7 Å². The average Bonchev–Trinajstić information content (AvgIpc) is 2.78. The van der Waals surface area contributed by atoms with Crippen LogP contribution < -0.4 is 18.9 Å². The van der Waals surface area contributed by atoms with E-state index in [0.29, 0.717) is 44.9 Å². The van der Waals surface area contributed by atoms with Crippen molar-refractivity contribution in [1.82, 2.24) is 0 Å². The smallest absolute Gasteiger partial charge is 0.138 e. The lowest BCUT2D eigenvalue weighted by molar-refractivity contribution is 0.408. The molecular weight excluding hydrogens is 384 g/mol. The second-order valence-electron chi connectivity index (χ2n) is 6.71. The fourth-order valence-electron chi connectivity index (χ4n) is 3.94. The molecule has 0 aromatic heterocycles. The Morgan fingerprint density at radius 3 is 1.23 bits per heavy atom.